The predicted octanol–water partition coefficient (Wildman–Crippen LogP) is 6.45. The van der Waals surface area contributed by atoms with E-state index >= 15 is 0 Å². The summed E-state index contributed by atoms with van der Waals surface area (Å²) in [6.07, 6.45) is 3.71. The van der Waals surface area contributed by atoms with Crippen LogP contribution in [0.2, 0.25) is 0 Å². The van der Waals surface area contributed by atoms with Crippen LogP contribution in [0.5, 0.6) is 5.75 Å². The highest BCUT2D eigenvalue weighted by atomic mass is 16.5. The average Bonchev–Trinajstić information content (AvgIpc) is 2.91. The first kappa shape index (κ1) is 26.9. The Morgan fingerprint density at radius 2 is 1.38 bits per heavy atom. The molecule has 9 nitrogen and oxygen atoms in total. The first-order valence-electron chi connectivity index (χ1n) is 11.8. The Hall–Kier alpha value is -4.71. The summed E-state index contributed by atoms with van der Waals surface area (Å²) in [4.78, 5) is 24.5. The van der Waals surface area contributed by atoms with Crippen molar-refractivity contribution in [1.82, 2.24) is 0 Å². The molecule has 0 aliphatic rings. The number of benzene rings is 3. The number of carbonyl (C=O) groups is 2. The minimum absolute atomic E-state index is 0.111. The molecule has 2 N–H and O–H groups in total. The fraction of sp³-hybridized carbons (Fsp3) is 0.250. The van der Waals surface area contributed by atoms with E-state index in [4.69, 9.17) is 20.2 Å². The highest BCUT2D eigenvalue weighted by molar-refractivity contribution is 5.94. The number of carboxylic acid groups (broad SMARTS) is 2. The molecule has 0 bridgehead atoms. The topological polar surface area (TPSA) is 136 Å². The normalized spacial score (nSPS) is 10.7. The number of nitrogens with zero attached hydrogens (tertiary/aromatic N) is 4. The summed E-state index contributed by atoms with van der Waals surface area (Å²) in [5.74, 6) is -2.14. The van der Waals surface area contributed by atoms with E-state index in [0.717, 1.165) is 49.7 Å². The van der Waals surface area contributed by atoms with Crippen LogP contribution in [0.1, 0.15) is 52.0 Å². The van der Waals surface area contributed by atoms with Crippen molar-refractivity contribution in [2.24, 2.45) is 10.2 Å². The van der Waals surface area contributed by atoms with Gasteiger partial charge in [0.05, 0.1) is 40.7 Å². The van der Waals surface area contributed by atoms with Crippen molar-refractivity contribution in [3.8, 4) is 11.8 Å². The largest absolute Gasteiger partial charge is 0.494 e. The van der Waals surface area contributed by atoms with E-state index in [2.05, 4.69) is 21.2 Å². The SMILES string of the molecule is CN(CCCCCCOc1cc(C(=O)O)cc(C(=O)O)c1)c1ccc(N=Nc2ccc(C#N)cc2)cc1. The predicted molar refractivity (Wildman–Crippen MR) is 139 cm³/mol. The lowest BCUT2D eigenvalue weighted by molar-refractivity contribution is 0.0696. The van der Waals surface area contributed by atoms with Gasteiger partial charge in [-0.05, 0) is 79.6 Å². The van der Waals surface area contributed by atoms with Gasteiger partial charge in [0, 0.05) is 19.3 Å². The molecule has 0 saturated carbocycles. The zero-order chi connectivity index (χ0) is 26.6. The minimum atomic E-state index is -1.20. The molecule has 0 aromatic heterocycles. The Kier molecular flexibility index (Phi) is 9.74. The van der Waals surface area contributed by atoms with Crippen molar-refractivity contribution < 1.29 is 24.5 Å². The zero-order valence-corrected chi connectivity index (χ0v) is 20.5. The first-order chi connectivity index (χ1) is 17.9. The van der Waals surface area contributed by atoms with Crippen LogP contribution in [-0.2, 0) is 0 Å². The highest BCUT2D eigenvalue weighted by Crippen LogP contribution is 2.23. The molecule has 3 aromatic carbocycles. The van der Waals surface area contributed by atoms with E-state index in [1.807, 2.05) is 31.3 Å². The lowest BCUT2D eigenvalue weighted by Crippen LogP contribution is -2.18. The fourth-order valence-electron chi connectivity index (χ4n) is 3.54. The lowest BCUT2D eigenvalue weighted by atomic mass is 10.1. The number of hydrogen-bond donors (Lipinski definition) is 2. The quantitative estimate of drug-likeness (QED) is 0.203. The Bertz CT molecular complexity index is 1250. The zero-order valence-electron chi connectivity index (χ0n) is 20.5. The molecule has 0 aliphatic heterocycles. The van der Waals surface area contributed by atoms with E-state index in [-0.39, 0.29) is 16.9 Å². The van der Waals surface area contributed by atoms with Crippen LogP contribution in [0.25, 0.3) is 0 Å². The summed E-state index contributed by atoms with van der Waals surface area (Å²) in [6.45, 7) is 1.27. The molecule has 0 atom stereocenters. The second kappa shape index (κ2) is 13.4. The molecule has 9 heteroatoms. The van der Waals surface area contributed by atoms with Crippen molar-refractivity contribution in [2.75, 3.05) is 25.1 Å². The number of ether oxygens (including phenoxy) is 1. The molecule has 0 radical (unpaired) electrons. The standard InChI is InChI=1S/C28H28N4O5/c1-32(25-12-10-24(11-13-25)31-30-23-8-6-20(19-29)7-9-23)14-4-2-3-5-15-37-26-17-21(27(33)34)16-22(18-26)28(35)36/h6-13,16-18H,2-5,14-15H2,1H3,(H,33,34)(H,35,36). The molecular weight excluding hydrogens is 472 g/mol. The van der Waals surface area contributed by atoms with Gasteiger partial charge in [-0.1, -0.05) is 12.8 Å². The summed E-state index contributed by atoms with van der Waals surface area (Å²) in [5, 5.41) is 35.6. The van der Waals surface area contributed by atoms with Gasteiger partial charge in [-0.2, -0.15) is 15.5 Å². The highest BCUT2D eigenvalue weighted by Gasteiger charge is 2.12. The van der Waals surface area contributed by atoms with Crippen LogP contribution in [0.4, 0.5) is 17.1 Å². The molecular formula is C28H28N4O5. The van der Waals surface area contributed by atoms with Gasteiger partial charge in [-0.15, -0.1) is 0 Å². The molecule has 0 saturated heterocycles. The number of carboxylic acids is 2. The lowest BCUT2D eigenvalue weighted by Gasteiger charge is -2.19. The van der Waals surface area contributed by atoms with Gasteiger partial charge in [0.2, 0.25) is 0 Å². The van der Waals surface area contributed by atoms with Gasteiger partial charge >= 0.3 is 11.9 Å². The van der Waals surface area contributed by atoms with Gasteiger partial charge in [-0.25, -0.2) is 9.59 Å². The number of rotatable bonds is 13. The fourth-order valence-corrected chi connectivity index (χ4v) is 3.54. The maximum Gasteiger partial charge on any atom is 0.335 e. The molecule has 0 fully saturated rings. The number of nitriles is 1. The van der Waals surface area contributed by atoms with E-state index in [1.165, 1.54) is 12.1 Å². The third kappa shape index (κ3) is 8.47. The number of anilines is 1. The summed E-state index contributed by atoms with van der Waals surface area (Å²) in [5.41, 5.74) is 2.86. The molecule has 3 aromatic rings. The monoisotopic (exact) mass is 500 g/mol. The van der Waals surface area contributed by atoms with Crippen LogP contribution in [0, 0.1) is 11.3 Å². The van der Waals surface area contributed by atoms with Crippen molar-refractivity contribution in [1.29, 1.82) is 5.26 Å². The Balaban J connectivity index is 1.36. The Morgan fingerprint density at radius 3 is 1.92 bits per heavy atom. The van der Waals surface area contributed by atoms with E-state index in [9.17, 15) is 9.59 Å². The van der Waals surface area contributed by atoms with Crippen LogP contribution in [0.15, 0.2) is 77.0 Å². The second-order valence-corrected chi connectivity index (χ2v) is 8.42. The van der Waals surface area contributed by atoms with Crippen molar-refractivity contribution >= 4 is 29.0 Å². The molecule has 0 heterocycles. The van der Waals surface area contributed by atoms with Crippen LogP contribution in [0.3, 0.4) is 0 Å². The molecule has 0 spiro atoms. The van der Waals surface area contributed by atoms with Gasteiger partial charge in [0.15, 0.2) is 0 Å². The maximum atomic E-state index is 11.2. The van der Waals surface area contributed by atoms with Crippen LogP contribution in [-0.4, -0.2) is 42.4 Å². The average molecular weight is 501 g/mol. The molecule has 3 rings (SSSR count). The summed E-state index contributed by atoms with van der Waals surface area (Å²) >= 11 is 0. The number of azo groups is 1. The van der Waals surface area contributed by atoms with E-state index in [1.54, 1.807) is 24.3 Å². The van der Waals surface area contributed by atoms with Crippen molar-refractivity contribution in [3.63, 3.8) is 0 Å². The summed E-state index contributed by atoms with van der Waals surface area (Å²) in [6, 6.07) is 20.6. The van der Waals surface area contributed by atoms with Gasteiger partial charge < -0.3 is 19.8 Å². The number of aromatic carboxylic acids is 2. The first-order valence-corrected chi connectivity index (χ1v) is 11.8. The minimum Gasteiger partial charge on any atom is -0.494 e. The third-order valence-corrected chi connectivity index (χ3v) is 5.62. The number of unbranched alkanes of at least 4 members (excludes halogenated alkanes) is 3. The van der Waals surface area contributed by atoms with Crippen molar-refractivity contribution in [2.45, 2.75) is 25.7 Å². The van der Waals surface area contributed by atoms with Crippen molar-refractivity contribution in [3.05, 3.63) is 83.4 Å². The van der Waals surface area contributed by atoms with E-state index < -0.39 is 11.9 Å². The van der Waals surface area contributed by atoms with Crippen LogP contribution < -0.4 is 9.64 Å². The van der Waals surface area contributed by atoms with Gasteiger partial charge in [0.25, 0.3) is 0 Å². The Labute approximate surface area is 215 Å². The van der Waals surface area contributed by atoms with Crippen LogP contribution >= 0.6 is 0 Å². The van der Waals surface area contributed by atoms with Gasteiger partial charge in [0.1, 0.15) is 5.75 Å². The molecule has 190 valence electrons. The molecule has 37 heavy (non-hydrogen) atoms. The van der Waals surface area contributed by atoms with Gasteiger partial charge in [-0.3, -0.25) is 0 Å². The third-order valence-electron chi connectivity index (χ3n) is 5.62. The van der Waals surface area contributed by atoms with E-state index in [0.29, 0.717) is 17.9 Å². The Morgan fingerprint density at radius 1 is 0.838 bits per heavy atom. The molecule has 0 amide bonds. The summed E-state index contributed by atoms with van der Waals surface area (Å²) in [7, 11) is 2.03. The summed E-state index contributed by atoms with van der Waals surface area (Å²) < 4.78 is 5.59. The second-order valence-electron chi connectivity index (χ2n) is 8.42. The molecule has 0 aliphatic carbocycles. The number of hydrogen-bond acceptors (Lipinski definition) is 7. The molecule has 0 unspecified atom stereocenters. The maximum absolute atomic E-state index is 11.2. The smallest absolute Gasteiger partial charge is 0.335 e.